The summed E-state index contributed by atoms with van der Waals surface area (Å²) in [5, 5.41) is 3.92. The highest BCUT2D eigenvalue weighted by molar-refractivity contribution is 9.10. The van der Waals surface area contributed by atoms with Crippen LogP contribution < -0.4 is 10.2 Å². The van der Waals surface area contributed by atoms with E-state index in [2.05, 4.69) is 31.4 Å². The molecule has 0 spiro atoms. The number of nitrogens with zero attached hydrogens (tertiary/aromatic N) is 2. The van der Waals surface area contributed by atoms with E-state index in [1.165, 1.54) is 12.3 Å². The normalized spacial score (nSPS) is 11.4. The standard InChI is InChI=1S/C17H15BrF3N3O3/c1-2-26-16(25)10-27-14-5-3-11(7-13(14)18)8-23-24-15-6-4-12(9-22-15)17(19,20)21/h3-9H,2,10H2,1H3,(H,22,24)/b23-8-. The molecule has 0 aliphatic carbocycles. The molecule has 0 aliphatic heterocycles. The number of esters is 1. The Morgan fingerprint density at radius 1 is 1.33 bits per heavy atom. The van der Waals surface area contributed by atoms with Crippen molar-refractivity contribution in [3.63, 3.8) is 0 Å². The maximum Gasteiger partial charge on any atom is 0.417 e. The number of alkyl halides is 3. The Balaban J connectivity index is 1.93. The lowest BCUT2D eigenvalue weighted by Crippen LogP contribution is -2.14. The molecule has 0 amide bonds. The third-order valence-electron chi connectivity index (χ3n) is 3.09. The van der Waals surface area contributed by atoms with Gasteiger partial charge in [0.05, 0.1) is 22.9 Å². The number of pyridine rings is 1. The molecule has 1 aromatic heterocycles. The fraction of sp³-hybridized carbons (Fsp3) is 0.235. The monoisotopic (exact) mass is 445 g/mol. The Kier molecular flexibility index (Phi) is 7.17. The highest BCUT2D eigenvalue weighted by Gasteiger charge is 2.30. The van der Waals surface area contributed by atoms with Gasteiger partial charge in [0.2, 0.25) is 0 Å². The van der Waals surface area contributed by atoms with Gasteiger partial charge >= 0.3 is 12.1 Å². The summed E-state index contributed by atoms with van der Waals surface area (Å²) < 4.78 is 48.1. The van der Waals surface area contributed by atoms with Crippen LogP contribution in [0.1, 0.15) is 18.1 Å². The smallest absolute Gasteiger partial charge is 0.417 e. The summed E-state index contributed by atoms with van der Waals surface area (Å²) in [6, 6.07) is 7.13. The number of nitrogens with one attached hydrogen (secondary N) is 1. The minimum Gasteiger partial charge on any atom is -0.481 e. The Morgan fingerprint density at radius 3 is 2.70 bits per heavy atom. The summed E-state index contributed by atoms with van der Waals surface area (Å²) in [7, 11) is 0. The first-order valence-corrected chi connectivity index (χ1v) is 8.49. The molecule has 0 atom stereocenters. The second-order valence-electron chi connectivity index (χ2n) is 5.08. The first-order chi connectivity index (χ1) is 12.8. The van der Waals surface area contributed by atoms with E-state index in [0.29, 0.717) is 15.8 Å². The first-order valence-electron chi connectivity index (χ1n) is 7.70. The Labute approximate surface area is 161 Å². The molecule has 1 aromatic carbocycles. The van der Waals surface area contributed by atoms with Crippen LogP contribution in [0.3, 0.4) is 0 Å². The van der Waals surface area contributed by atoms with Crippen LogP contribution in [0.2, 0.25) is 0 Å². The van der Waals surface area contributed by atoms with Crippen LogP contribution >= 0.6 is 15.9 Å². The number of benzene rings is 1. The van der Waals surface area contributed by atoms with Crippen molar-refractivity contribution in [1.82, 2.24) is 4.98 Å². The van der Waals surface area contributed by atoms with Crippen LogP contribution in [0.15, 0.2) is 46.1 Å². The van der Waals surface area contributed by atoms with Crippen molar-refractivity contribution in [2.24, 2.45) is 5.10 Å². The maximum atomic E-state index is 12.5. The molecular formula is C17H15BrF3N3O3. The van der Waals surface area contributed by atoms with E-state index in [4.69, 9.17) is 9.47 Å². The van der Waals surface area contributed by atoms with E-state index < -0.39 is 17.7 Å². The van der Waals surface area contributed by atoms with E-state index in [1.807, 2.05) is 0 Å². The SMILES string of the molecule is CCOC(=O)COc1ccc(/C=N\Nc2ccc(C(F)(F)F)cn2)cc1Br. The zero-order chi connectivity index (χ0) is 19.9. The predicted molar refractivity (Wildman–Crippen MR) is 96.7 cm³/mol. The zero-order valence-electron chi connectivity index (χ0n) is 14.1. The topological polar surface area (TPSA) is 72.8 Å². The average molecular weight is 446 g/mol. The van der Waals surface area contributed by atoms with Crippen molar-refractivity contribution in [2.75, 3.05) is 18.6 Å². The number of carbonyl (C=O) groups excluding carboxylic acids is 1. The number of carbonyl (C=O) groups is 1. The summed E-state index contributed by atoms with van der Waals surface area (Å²) >= 11 is 3.32. The predicted octanol–water partition coefficient (Wildman–Crippen LogP) is 4.25. The number of aromatic nitrogens is 1. The molecule has 2 rings (SSSR count). The number of halogens is 4. The molecule has 2 aromatic rings. The highest BCUT2D eigenvalue weighted by Crippen LogP contribution is 2.29. The summed E-state index contributed by atoms with van der Waals surface area (Å²) in [5.41, 5.74) is 2.39. The van der Waals surface area contributed by atoms with Crippen molar-refractivity contribution < 1.29 is 27.4 Å². The van der Waals surface area contributed by atoms with E-state index in [9.17, 15) is 18.0 Å². The second-order valence-corrected chi connectivity index (χ2v) is 5.94. The van der Waals surface area contributed by atoms with Gasteiger partial charge in [-0.05, 0) is 58.7 Å². The fourth-order valence-electron chi connectivity index (χ4n) is 1.85. The number of hydrazone groups is 1. The molecule has 0 radical (unpaired) electrons. The molecule has 1 N–H and O–H groups in total. The Morgan fingerprint density at radius 2 is 2.11 bits per heavy atom. The molecule has 1 heterocycles. The van der Waals surface area contributed by atoms with Crippen LogP contribution in [-0.2, 0) is 15.7 Å². The molecule has 0 unspecified atom stereocenters. The zero-order valence-corrected chi connectivity index (χ0v) is 15.7. The molecule has 10 heteroatoms. The van der Waals surface area contributed by atoms with Crippen LogP contribution in [0, 0.1) is 0 Å². The van der Waals surface area contributed by atoms with Crippen LogP contribution in [0.25, 0.3) is 0 Å². The Hall–Kier alpha value is -2.62. The molecule has 6 nitrogen and oxygen atoms in total. The Bertz CT molecular complexity index is 811. The molecule has 144 valence electrons. The summed E-state index contributed by atoms with van der Waals surface area (Å²) in [4.78, 5) is 14.9. The van der Waals surface area contributed by atoms with Crippen molar-refractivity contribution in [3.8, 4) is 5.75 Å². The molecule has 27 heavy (non-hydrogen) atoms. The van der Waals surface area contributed by atoms with Crippen molar-refractivity contribution in [2.45, 2.75) is 13.1 Å². The molecule has 0 aliphatic rings. The number of anilines is 1. The number of hydrogen-bond acceptors (Lipinski definition) is 6. The number of rotatable bonds is 7. The van der Waals surface area contributed by atoms with Gasteiger partial charge in [-0.15, -0.1) is 0 Å². The van der Waals surface area contributed by atoms with Gasteiger partial charge < -0.3 is 9.47 Å². The second kappa shape index (κ2) is 9.36. The maximum absolute atomic E-state index is 12.5. The molecule has 0 saturated heterocycles. The third-order valence-corrected chi connectivity index (χ3v) is 3.71. The number of hydrogen-bond donors (Lipinski definition) is 1. The summed E-state index contributed by atoms with van der Waals surface area (Å²) in [6.45, 7) is 1.77. The van der Waals surface area contributed by atoms with Crippen LogP contribution in [0.4, 0.5) is 19.0 Å². The van der Waals surface area contributed by atoms with E-state index >= 15 is 0 Å². The van der Waals surface area contributed by atoms with E-state index in [0.717, 1.165) is 12.3 Å². The molecule has 0 bridgehead atoms. The first kappa shape index (κ1) is 20.7. The van der Waals surface area contributed by atoms with Gasteiger partial charge in [0.15, 0.2) is 6.61 Å². The minimum atomic E-state index is -4.43. The van der Waals surface area contributed by atoms with Gasteiger partial charge in [0.25, 0.3) is 0 Å². The van der Waals surface area contributed by atoms with Crippen molar-refractivity contribution in [1.29, 1.82) is 0 Å². The highest BCUT2D eigenvalue weighted by atomic mass is 79.9. The summed E-state index contributed by atoms with van der Waals surface area (Å²) in [6.07, 6.45) is -2.25. The third kappa shape index (κ3) is 6.55. The number of ether oxygens (including phenoxy) is 2. The fourth-order valence-corrected chi connectivity index (χ4v) is 2.37. The van der Waals surface area contributed by atoms with Crippen molar-refractivity contribution in [3.05, 3.63) is 52.1 Å². The average Bonchev–Trinajstić information content (AvgIpc) is 2.61. The quantitative estimate of drug-likeness (QED) is 0.391. The van der Waals surface area contributed by atoms with Gasteiger partial charge in [0.1, 0.15) is 11.6 Å². The lowest BCUT2D eigenvalue weighted by Gasteiger charge is -2.08. The molecular weight excluding hydrogens is 431 g/mol. The van der Waals surface area contributed by atoms with Gasteiger partial charge in [-0.2, -0.15) is 18.3 Å². The largest absolute Gasteiger partial charge is 0.481 e. The van der Waals surface area contributed by atoms with Gasteiger partial charge in [-0.25, -0.2) is 9.78 Å². The lowest BCUT2D eigenvalue weighted by atomic mass is 10.2. The van der Waals surface area contributed by atoms with Gasteiger partial charge in [0, 0.05) is 6.20 Å². The molecule has 0 saturated carbocycles. The minimum absolute atomic E-state index is 0.174. The van der Waals surface area contributed by atoms with Crippen LogP contribution in [0.5, 0.6) is 5.75 Å². The van der Waals surface area contributed by atoms with Crippen molar-refractivity contribution >= 4 is 33.9 Å². The van der Waals surface area contributed by atoms with E-state index in [1.54, 1.807) is 25.1 Å². The van der Waals surface area contributed by atoms with E-state index in [-0.39, 0.29) is 19.0 Å². The lowest BCUT2D eigenvalue weighted by molar-refractivity contribution is -0.145. The molecule has 0 fully saturated rings. The van der Waals surface area contributed by atoms with Crippen LogP contribution in [-0.4, -0.2) is 30.4 Å². The summed E-state index contributed by atoms with van der Waals surface area (Å²) in [5.74, 6) is 0.161. The van der Waals surface area contributed by atoms with Gasteiger partial charge in [-0.1, -0.05) is 0 Å². The van der Waals surface area contributed by atoms with Gasteiger partial charge in [-0.3, -0.25) is 5.43 Å².